The lowest BCUT2D eigenvalue weighted by atomic mass is 10.1. The van der Waals surface area contributed by atoms with E-state index in [1.165, 1.54) is 12.7 Å². The molecule has 3 rings (SSSR count). The summed E-state index contributed by atoms with van der Waals surface area (Å²) in [6.07, 6.45) is -0.0438. The number of likely N-dealkylation sites (N-methyl/N-ethyl adjacent to an activating group) is 1. The number of nitrogens with two attached hydrogens (primary N) is 1. The third-order valence-corrected chi connectivity index (χ3v) is 5.44. The van der Waals surface area contributed by atoms with Gasteiger partial charge in [-0.15, -0.1) is 0 Å². The molecule has 182 valence electrons. The third kappa shape index (κ3) is 6.61. The van der Waals surface area contributed by atoms with Crippen molar-refractivity contribution in [2.75, 3.05) is 46.0 Å². The first-order valence-electron chi connectivity index (χ1n) is 10.3. The van der Waals surface area contributed by atoms with E-state index >= 15 is 0 Å². The first-order chi connectivity index (χ1) is 15.2. The highest BCUT2D eigenvalue weighted by Gasteiger charge is 2.46. The molecule has 2 aromatic heterocycles. The van der Waals surface area contributed by atoms with Crippen LogP contribution in [0.1, 0.15) is 19.1 Å². The van der Waals surface area contributed by atoms with E-state index in [-0.39, 0.29) is 42.2 Å². The minimum atomic E-state index is -1.17. The van der Waals surface area contributed by atoms with Crippen LogP contribution in [-0.4, -0.2) is 98.7 Å². The number of nitrogen functional groups attached to an aromatic ring is 1. The molecular formula is C18H29IN10O4. The number of halogens is 1. The monoisotopic (exact) mass is 576 g/mol. The van der Waals surface area contributed by atoms with E-state index in [2.05, 4.69) is 30.3 Å². The van der Waals surface area contributed by atoms with Gasteiger partial charge in [0.05, 0.1) is 27.0 Å². The second-order valence-electron chi connectivity index (χ2n) is 8.38. The zero-order chi connectivity index (χ0) is 23.3. The van der Waals surface area contributed by atoms with Crippen molar-refractivity contribution in [3.63, 3.8) is 0 Å². The molecule has 0 aromatic carbocycles. The molecular weight excluding hydrogens is 547 g/mol. The van der Waals surface area contributed by atoms with Gasteiger partial charge in [-0.25, -0.2) is 15.0 Å². The summed E-state index contributed by atoms with van der Waals surface area (Å²) >= 11 is 0. The zero-order valence-electron chi connectivity index (χ0n) is 18.5. The van der Waals surface area contributed by atoms with Crippen LogP contribution in [0.25, 0.3) is 21.6 Å². The van der Waals surface area contributed by atoms with Gasteiger partial charge in [-0.1, -0.05) is 5.11 Å². The number of nitrogens with one attached hydrogen (secondary N) is 1. The summed E-state index contributed by atoms with van der Waals surface area (Å²) in [5.41, 5.74) is 14.9. The summed E-state index contributed by atoms with van der Waals surface area (Å²) in [5.74, 6) is 0.108. The molecule has 5 N–H and O–H groups in total. The smallest absolute Gasteiger partial charge is 0.220 e. The maximum absolute atomic E-state index is 11.9. The highest BCUT2D eigenvalue weighted by Crippen LogP contribution is 2.32. The number of carbonyl (C=O) groups is 1. The molecule has 2 aromatic rings. The fourth-order valence-corrected chi connectivity index (χ4v) is 3.79. The molecule has 0 spiro atoms. The van der Waals surface area contributed by atoms with Gasteiger partial charge < -0.3 is 54.5 Å². The topological polar surface area (TPSA) is 197 Å². The van der Waals surface area contributed by atoms with Gasteiger partial charge >= 0.3 is 0 Å². The van der Waals surface area contributed by atoms with E-state index in [4.69, 9.17) is 16.0 Å². The molecule has 14 nitrogen and oxygen atoms in total. The Morgan fingerprint density at radius 3 is 2.85 bits per heavy atom. The summed E-state index contributed by atoms with van der Waals surface area (Å²) in [7, 11) is 3.94. The second kappa shape index (κ2) is 11.7. The third-order valence-electron chi connectivity index (χ3n) is 5.44. The van der Waals surface area contributed by atoms with Crippen molar-refractivity contribution in [2.24, 2.45) is 5.11 Å². The Morgan fingerprint density at radius 2 is 2.12 bits per heavy atom. The second-order valence-corrected chi connectivity index (χ2v) is 8.38. The number of nitrogens with zero attached hydrogens (tertiary/aromatic N) is 8. The van der Waals surface area contributed by atoms with Crippen molar-refractivity contribution in [1.82, 2.24) is 24.8 Å². The molecule has 0 saturated carbocycles. The van der Waals surface area contributed by atoms with Crippen LogP contribution in [0, 0.1) is 0 Å². The zero-order valence-corrected chi connectivity index (χ0v) is 20.6. The number of aromatic nitrogens is 4. The number of quaternary nitrogens is 1. The Morgan fingerprint density at radius 1 is 1.36 bits per heavy atom. The van der Waals surface area contributed by atoms with Crippen LogP contribution in [0.5, 0.6) is 0 Å². The lowest BCUT2D eigenvalue weighted by Crippen LogP contribution is -3.00. The van der Waals surface area contributed by atoms with E-state index < -0.39 is 24.5 Å². The number of fused-ring (bicyclic) bond motifs is 1. The fourth-order valence-electron chi connectivity index (χ4n) is 3.79. The van der Waals surface area contributed by atoms with Crippen LogP contribution < -0.4 is 35.0 Å². The van der Waals surface area contributed by atoms with Gasteiger partial charge in [0.2, 0.25) is 5.91 Å². The highest BCUT2D eigenvalue weighted by atomic mass is 127. The van der Waals surface area contributed by atoms with Crippen molar-refractivity contribution in [1.29, 1.82) is 0 Å². The molecule has 1 amide bonds. The molecule has 1 saturated heterocycles. The van der Waals surface area contributed by atoms with Gasteiger partial charge in [0.25, 0.3) is 0 Å². The van der Waals surface area contributed by atoms with Gasteiger partial charge in [0.1, 0.15) is 36.7 Å². The maximum atomic E-state index is 11.9. The van der Waals surface area contributed by atoms with Crippen LogP contribution in [0.2, 0.25) is 0 Å². The number of carbonyl (C=O) groups excluding carboxylic acids is 1. The summed E-state index contributed by atoms with van der Waals surface area (Å²) in [5, 5.41) is 27.3. The van der Waals surface area contributed by atoms with Gasteiger partial charge in [-0.2, -0.15) is 0 Å². The molecule has 1 aliphatic heterocycles. The number of aliphatic hydroxyl groups excluding tert-OH is 2. The van der Waals surface area contributed by atoms with E-state index in [0.29, 0.717) is 48.1 Å². The molecule has 3 heterocycles. The van der Waals surface area contributed by atoms with E-state index in [1.807, 2.05) is 14.1 Å². The average Bonchev–Trinajstić information content (AvgIpc) is 3.28. The van der Waals surface area contributed by atoms with Crippen molar-refractivity contribution < 1.29 is 48.2 Å². The van der Waals surface area contributed by atoms with Crippen LogP contribution in [0.4, 0.5) is 5.82 Å². The minimum Gasteiger partial charge on any atom is -1.00 e. The largest absolute Gasteiger partial charge is 1.00 e. The number of anilines is 1. The quantitative estimate of drug-likeness (QED) is 0.0554. The maximum Gasteiger partial charge on any atom is 0.220 e. The van der Waals surface area contributed by atoms with Crippen LogP contribution in [0.15, 0.2) is 17.8 Å². The standard InChI is InChI=1S/C18H28N10O4.HI/c1-28(2,7-3-4-12(29)21-5-6-25-26-20)8-11-14(30)15(31)18(32-11)27-10-24-13-16(19)22-9-23-17(13)27;/h9-11,14-15,18,30-31H,3-8H2,1-2H3,(H2-,19,21,22,23,29);1H/t11-,14-,15-,18-;/m1./s1. The lowest BCUT2D eigenvalue weighted by Gasteiger charge is -2.33. The Hall–Kier alpha value is -2.30. The number of imidazole rings is 1. The van der Waals surface area contributed by atoms with Gasteiger partial charge in [-0.05, 0) is 5.53 Å². The molecule has 15 heteroatoms. The van der Waals surface area contributed by atoms with Gasteiger partial charge in [0.15, 0.2) is 17.7 Å². The van der Waals surface area contributed by atoms with E-state index in [9.17, 15) is 15.0 Å². The Labute approximate surface area is 207 Å². The number of azide groups is 1. The molecule has 0 radical (unpaired) electrons. The average molecular weight is 576 g/mol. The predicted octanol–water partition coefficient (Wildman–Crippen LogP) is -3.69. The van der Waals surface area contributed by atoms with Crippen molar-refractivity contribution in [2.45, 2.75) is 37.4 Å². The Bertz CT molecular complexity index is 996. The first-order valence-corrected chi connectivity index (χ1v) is 10.3. The molecule has 0 bridgehead atoms. The van der Waals surface area contributed by atoms with Crippen molar-refractivity contribution in [3.05, 3.63) is 23.1 Å². The van der Waals surface area contributed by atoms with Crippen LogP contribution in [0.3, 0.4) is 0 Å². The molecule has 33 heavy (non-hydrogen) atoms. The number of aliphatic hydroxyl groups is 2. The summed E-state index contributed by atoms with van der Waals surface area (Å²) in [4.78, 5) is 26.7. The van der Waals surface area contributed by atoms with Crippen molar-refractivity contribution >= 4 is 22.9 Å². The van der Waals surface area contributed by atoms with Gasteiger partial charge in [-0.3, -0.25) is 9.36 Å². The van der Waals surface area contributed by atoms with Gasteiger partial charge in [0, 0.05) is 30.8 Å². The Kier molecular flexibility index (Phi) is 9.57. The lowest BCUT2D eigenvalue weighted by molar-refractivity contribution is -0.893. The number of hydrogen-bond donors (Lipinski definition) is 4. The van der Waals surface area contributed by atoms with E-state index in [0.717, 1.165) is 0 Å². The summed E-state index contributed by atoms with van der Waals surface area (Å²) in [6.45, 7) is 1.61. The highest BCUT2D eigenvalue weighted by molar-refractivity contribution is 5.81. The minimum absolute atomic E-state index is 0. The SMILES string of the molecule is C[N+](C)(CCCC(=O)NCCN=[N+]=[N-])C[C@H]1O[C@@H](n2cnc3c(N)ncnc32)[C@H](O)[C@@H]1O.[I-]. The van der Waals surface area contributed by atoms with E-state index in [1.54, 1.807) is 4.57 Å². The van der Waals surface area contributed by atoms with Crippen molar-refractivity contribution in [3.8, 4) is 0 Å². The summed E-state index contributed by atoms with van der Waals surface area (Å²) < 4.78 is 8.03. The molecule has 0 unspecified atom stereocenters. The number of amides is 1. The number of hydrogen-bond acceptors (Lipinski definition) is 9. The fraction of sp³-hybridized carbons (Fsp3) is 0.667. The number of rotatable bonds is 10. The predicted molar refractivity (Wildman–Crippen MR) is 114 cm³/mol. The molecule has 0 aliphatic carbocycles. The summed E-state index contributed by atoms with van der Waals surface area (Å²) in [6, 6.07) is 0. The molecule has 1 fully saturated rings. The molecule has 4 atom stereocenters. The van der Waals surface area contributed by atoms with Crippen LogP contribution in [-0.2, 0) is 9.53 Å². The Balaban J connectivity index is 0.00000385. The molecule has 1 aliphatic rings. The van der Waals surface area contributed by atoms with Crippen LogP contribution >= 0.6 is 0 Å². The number of ether oxygens (including phenoxy) is 1. The normalized spacial score (nSPS) is 22.5. The first kappa shape index (κ1) is 26.9.